The molecule has 2 atom stereocenters. The van der Waals surface area contributed by atoms with Crippen LogP contribution in [0.5, 0.6) is 0 Å². The van der Waals surface area contributed by atoms with E-state index in [9.17, 15) is 17.1 Å². The highest BCUT2D eigenvalue weighted by molar-refractivity contribution is 7.86. The van der Waals surface area contributed by atoms with Crippen LogP contribution in [0, 0.1) is 19.8 Å². The zero-order chi connectivity index (χ0) is 15.9. The maximum absolute atomic E-state index is 12.8. The summed E-state index contributed by atoms with van der Waals surface area (Å²) in [6, 6.07) is -0.196. The Morgan fingerprint density at radius 3 is 2.52 bits per heavy atom. The van der Waals surface area contributed by atoms with E-state index in [1.807, 2.05) is 27.8 Å². The van der Waals surface area contributed by atoms with Gasteiger partial charge in [0, 0.05) is 37.2 Å². The maximum Gasteiger partial charge on any atom is 0.302 e. The van der Waals surface area contributed by atoms with Gasteiger partial charge in [-0.05, 0) is 20.8 Å². The number of carbonyl (C=O) groups is 1. The first-order chi connectivity index (χ1) is 9.60. The maximum atomic E-state index is 12.8. The minimum atomic E-state index is -4.55. The van der Waals surface area contributed by atoms with Gasteiger partial charge in [0.25, 0.3) is 0 Å². The van der Waals surface area contributed by atoms with Crippen LogP contribution in [0.1, 0.15) is 36.3 Å². The molecule has 0 aliphatic carbocycles. The molecule has 0 N–H and O–H groups in total. The lowest BCUT2D eigenvalue weighted by Gasteiger charge is -2.25. The molecule has 1 aromatic heterocycles. The zero-order valence-corrected chi connectivity index (χ0v) is 13.4. The van der Waals surface area contributed by atoms with Crippen molar-refractivity contribution in [3.05, 3.63) is 17.0 Å². The van der Waals surface area contributed by atoms with Crippen LogP contribution in [0.4, 0.5) is 3.89 Å². The summed E-state index contributed by atoms with van der Waals surface area (Å²) >= 11 is 0. The molecule has 118 valence electrons. The van der Waals surface area contributed by atoms with Crippen LogP contribution in [0.3, 0.4) is 0 Å². The van der Waals surface area contributed by atoms with Gasteiger partial charge in [0.15, 0.2) is 0 Å². The van der Waals surface area contributed by atoms with Crippen LogP contribution in [-0.4, -0.2) is 41.3 Å². The SMILES string of the molecule is Cc1nn(C)c(C)c1C(C)N1CC(CS(=O)(=O)F)CC1=O. The summed E-state index contributed by atoms with van der Waals surface area (Å²) in [5, 5.41) is 4.33. The summed E-state index contributed by atoms with van der Waals surface area (Å²) in [5.74, 6) is -1.21. The van der Waals surface area contributed by atoms with Crippen molar-refractivity contribution in [3.8, 4) is 0 Å². The largest absolute Gasteiger partial charge is 0.335 e. The molecule has 1 aliphatic heterocycles. The Labute approximate surface area is 124 Å². The number of hydrogen-bond donors (Lipinski definition) is 0. The Morgan fingerprint density at radius 1 is 1.43 bits per heavy atom. The highest BCUT2D eigenvalue weighted by atomic mass is 32.3. The fourth-order valence-corrected chi connectivity index (χ4v) is 3.91. The lowest BCUT2D eigenvalue weighted by atomic mass is 10.1. The van der Waals surface area contributed by atoms with Crippen LogP contribution in [0.2, 0.25) is 0 Å². The molecule has 2 rings (SSSR count). The van der Waals surface area contributed by atoms with Crippen molar-refractivity contribution in [1.82, 2.24) is 14.7 Å². The Bertz CT molecular complexity index is 668. The number of likely N-dealkylation sites (tertiary alicyclic amines) is 1. The fourth-order valence-electron chi connectivity index (χ4n) is 3.13. The molecule has 1 aliphatic rings. The Kier molecular flexibility index (Phi) is 4.10. The highest BCUT2D eigenvalue weighted by Crippen LogP contribution is 2.32. The van der Waals surface area contributed by atoms with E-state index in [0.717, 1.165) is 17.0 Å². The van der Waals surface area contributed by atoms with Gasteiger partial charge in [0.05, 0.1) is 17.5 Å². The van der Waals surface area contributed by atoms with Crippen molar-refractivity contribution in [2.45, 2.75) is 33.2 Å². The third-order valence-electron chi connectivity index (χ3n) is 4.12. The molecular weight excluding hydrogens is 297 g/mol. The molecule has 1 saturated heterocycles. The van der Waals surface area contributed by atoms with Crippen molar-refractivity contribution in [1.29, 1.82) is 0 Å². The van der Waals surface area contributed by atoms with Crippen LogP contribution in [0.25, 0.3) is 0 Å². The van der Waals surface area contributed by atoms with Gasteiger partial charge in [-0.2, -0.15) is 13.5 Å². The minimum Gasteiger partial charge on any atom is -0.335 e. The second kappa shape index (κ2) is 5.40. The Morgan fingerprint density at radius 2 is 2.05 bits per heavy atom. The topological polar surface area (TPSA) is 72.3 Å². The number of hydrogen-bond acceptors (Lipinski definition) is 4. The van der Waals surface area contributed by atoms with E-state index in [1.54, 1.807) is 9.58 Å². The third kappa shape index (κ3) is 3.25. The minimum absolute atomic E-state index is 0.0752. The monoisotopic (exact) mass is 317 g/mol. The Balaban J connectivity index is 2.20. The van der Waals surface area contributed by atoms with Crippen LogP contribution < -0.4 is 0 Å². The smallest absolute Gasteiger partial charge is 0.302 e. The standard InChI is InChI=1S/C13H20FN3O3S/c1-8-13(9(2)16(4)15-8)10(3)17-6-11(5-12(17)18)7-21(14,19)20/h10-11H,5-7H2,1-4H3. The second-order valence-corrected chi connectivity index (χ2v) is 7.12. The van der Waals surface area contributed by atoms with Gasteiger partial charge in [-0.1, -0.05) is 0 Å². The number of aromatic nitrogens is 2. The van der Waals surface area contributed by atoms with Crippen molar-refractivity contribution in [2.24, 2.45) is 13.0 Å². The first-order valence-electron chi connectivity index (χ1n) is 6.82. The lowest BCUT2D eigenvalue weighted by molar-refractivity contribution is -0.129. The summed E-state index contributed by atoms with van der Waals surface area (Å²) in [6.45, 7) is 5.96. The molecule has 0 saturated carbocycles. The first-order valence-corrected chi connectivity index (χ1v) is 8.37. The number of nitrogens with zero attached hydrogens (tertiary/aromatic N) is 3. The Hall–Kier alpha value is -1.44. The van der Waals surface area contributed by atoms with Gasteiger partial charge < -0.3 is 4.90 Å². The fraction of sp³-hybridized carbons (Fsp3) is 0.692. The first kappa shape index (κ1) is 15.9. The number of rotatable bonds is 4. The van der Waals surface area contributed by atoms with Crippen molar-refractivity contribution >= 4 is 16.1 Å². The normalized spacial score (nSPS) is 21.1. The number of aryl methyl sites for hydroxylation is 2. The van der Waals surface area contributed by atoms with E-state index in [-0.39, 0.29) is 24.9 Å². The predicted molar refractivity (Wildman–Crippen MR) is 75.8 cm³/mol. The van der Waals surface area contributed by atoms with E-state index in [0.29, 0.717) is 0 Å². The van der Waals surface area contributed by atoms with Crippen LogP contribution in [-0.2, 0) is 22.1 Å². The number of halogens is 1. The van der Waals surface area contributed by atoms with E-state index in [4.69, 9.17) is 0 Å². The van der Waals surface area contributed by atoms with E-state index >= 15 is 0 Å². The molecular formula is C13H20FN3O3S. The van der Waals surface area contributed by atoms with Crippen LogP contribution >= 0.6 is 0 Å². The molecule has 2 unspecified atom stereocenters. The molecule has 1 fully saturated rings. The molecule has 2 heterocycles. The van der Waals surface area contributed by atoms with Crippen molar-refractivity contribution in [2.75, 3.05) is 12.3 Å². The summed E-state index contributed by atoms with van der Waals surface area (Å²) in [4.78, 5) is 13.7. The quantitative estimate of drug-likeness (QED) is 0.783. The van der Waals surface area contributed by atoms with E-state index < -0.39 is 21.9 Å². The highest BCUT2D eigenvalue weighted by Gasteiger charge is 2.36. The van der Waals surface area contributed by atoms with Crippen LogP contribution in [0.15, 0.2) is 0 Å². The molecule has 21 heavy (non-hydrogen) atoms. The molecule has 1 aromatic rings. The summed E-state index contributed by atoms with van der Waals surface area (Å²) in [7, 11) is -2.72. The van der Waals surface area contributed by atoms with Gasteiger partial charge in [0.2, 0.25) is 5.91 Å². The molecule has 0 spiro atoms. The average molecular weight is 317 g/mol. The van der Waals surface area contributed by atoms with Gasteiger partial charge in [-0.15, -0.1) is 3.89 Å². The molecule has 1 amide bonds. The summed E-state index contributed by atoms with van der Waals surface area (Å²) < 4.78 is 36.0. The molecule has 0 bridgehead atoms. The van der Waals surface area contributed by atoms with E-state index in [2.05, 4.69) is 5.10 Å². The van der Waals surface area contributed by atoms with Gasteiger partial charge in [-0.25, -0.2) is 0 Å². The van der Waals surface area contributed by atoms with E-state index in [1.165, 1.54) is 0 Å². The zero-order valence-electron chi connectivity index (χ0n) is 12.6. The van der Waals surface area contributed by atoms with Crippen molar-refractivity contribution in [3.63, 3.8) is 0 Å². The average Bonchev–Trinajstić information content (AvgIpc) is 2.78. The van der Waals surface area contributed by atoms with Gasteiger partial charge in [-0.3, -0.25) is 9.48 Å². The molecule has 6 nitrogen and oxygen atoms in total. The van der Waals surface area contributed by atoms with Gasteiger partial charge >= 0.3 is 10.2 Å². The molecule has 8 heteroatoms. The number of amides is 1. The lowest BCUT2D eigenvalue weighted by Crippen LogP contribution is -2.29. The number of carbonyl (C=O) groups excluding carboxylic acids is 1. The predicted octanol–water partition coefficient (Wildman–Crippen LogP) is 1.25. The summed E-state index contributed by atoms with van der Waals surface area (Å²) in [5.41, 5.74) is 2.78. The molecule has 0 aromatic carbocycles. The van der Waals surface area contributed by atoms with Gasteiger partial charge in [0.1, 0.15) is 0 Å². The molecule has 0 radical (unpaired) electrons. The third-order valence-corrected chi connectivity index (χ3v) is 4.99. The summed E-state index contributed by atoms with van der Waals surface area (Å²) in [6.07, 6.45) is 0.0752. The second-order valence-electron chi connectivity index (χ2n) is 5.71. The van der Waals surface area contributed by atoms with Crippen molar-refractivity contribution < 1.29 is 17.1 Å².